The van der Waals surface area contributed by atoms with Crippen LogP contribution in [0.4, 0.5) is 5.82 Å². The molecule has 0 fully saturated rings. The van der Waals surface area contributed by atoms with Gasteiger partial charge in [0.2, 0.25) is 0 Å². The first-order chi connectivity index (χ1) is 6.38. The van der Waals surface area contributed by atoms with Crippen LogP contribution in [0.5, 0.6) is 0 Å². The largest absolute Gasteiger partial charge is 0.381 e. The van der Waals surface area contributed by atoms with Gasteiger partial charge in [0, 0.05) is 0 Å². The van der Waals surface area contributed by atoms with Gasteiger partial charge in [0.05, 0.1) is 6.20 Å². The summed E-state index contributed by atoms with van der Waals surface area (Å²) in [7, 11) is -1.41. The second kappa shape index (κ2) is 3.99. The van der Waals surface area contributed by atoms with E-state index in [4.69, 9.17) is 17.3 Å². The fourth-order valence-corrected chi connectivity index (χ4v) is 1.34. The van der Waals surface area contributed by atoms with E-state index in [0.29, 0.717) is 16.7 Å². The van der Waals surface area contributed by atoms with Crippen LogP contribution < -0.4 is 5.73 Å². The predicted molar refractivity (Wildman–Crippen MR) is 61.7 cm³/mol. The first-order valence-corrected chi connectivity index (χ1v) is 8.07. The molecule has 0 unspecified atom stereocenters. The molecule has 74 valence electrons. The lowest BCUT2D eigenvalue weighted by Crippen LogP contribution is -2.16. The normalized spacial score (nSPS) is 10.6. The van der Waals surface area contributed by atoms with Gasteiger partial charge in [0.15, 0.2) is 11.5 Å². The lowest BCUT2D eigenvalue weighted by molar-refractivity contribution is 1.19. The van der Waals surface area contributed by atoms with Crippen LogP contribution in [0.1, 0.15) is 5.69 Å². The summed E-state index contributed by atoms with van der Waals surface area (Å²) >= 11 is 5.68. The number of hydrogen-bond donors (Lipinski definition) is 1. The van der Waals surface area contributed by atoms with Gasteiger partial charge in [0.1, 0.15) is 13.2 Å². The summed E-state index contributed by atoms with van der Waals surface area (Å²) in [6, 6.07) is 0. The van der Waals surface area contributed by atoms with Crippen molar-refractivity contribution in [3.63, 3.8) is 0 Å². The Labute approximate surface area is 89.7 Å². The molecule has 2 N–H and O–H groups in total. The molecule has 14 heavy (non-hydrogen) atoms. The molecule has 1 heterocycles. The maximum atomic E-state index is 5.68. The number of rotatable bonds is 0. The molecule has 0 saturated carbocycles. The van der Waals surface area contributed by atoms with E-state index in [9.17, 15) is 0 Å². The van der Waals surface area contributed by atoms with Crippen LogP contribution in [0.2, 0.25) is 24.8 Å². The minimum atomic E-state index is -1.41. The quantitative estimate of drug-likeness (QED) is 0.542. The first kappa shape index (κ1) is 11.0. The highest BCUT2D eigenvalue weighted by Crippen LogP contribution is 2.08. The van der Waals surface area contributed by atoms with Gasteiger partial charge in [-0.25, -0.2) is 9.97 Å². The Kier molecular flexibility index (Phi) is 3.14. The lowest BCUT2D eigenvalue weighted by Gasteiger charge is -2.03. The number of halogens is 1. The van der Waals surface area contributed by atoms with Gasteiger partial charge in [-0.1, -0.05) is 37.2 Å². The Morgan fingerprint density at radius 1 is 1.43 bits per heavy atom. The molecule has 0 atom stereocenters. The molecule has 0 spiro atoms. The molecule has 0 saturated heterocycles. The zero-order valence-corrected chi connectivity index (χ0v) is 10.2. The maximum absolute atomic E-state index is 5.68. The van der Waals surface area contributed by atoms with Crippen LogP contribution in [0.15, 0.2) is 6.20 Å². The minimum Gasteiger partial charge on any atom is -0.381 e. The third-order valence-corrected chi connectivity index (χ3v) is 2.38. The molecule has 0 amide bonds. The summed E-state index contributed by atoms with van der Waals surface area (Å²) < 4.78 is 0. The maximum Gasteiger partial charge on any atom is 0.158 e. The van der Waals surface area contributed by atoms with Gasteiger partial charge in [0.25, 0.3) is 0 Å². The van der Waals surface area contributed by atoms with Crippen molar-refractivity contribution in [3.05, 3.63) is 17.0 Å². The number of anilines is 1. The van der Waals surface area contributed by atoms with Gasteiger partial charge in [-0.3, -0.25) is 0 Å². The smallest absolute Gasteiger partial charge is 0.158 e. The SMILES string of the molecule is C[Si](C)(C)C#Cc1nc(Cl)cnc1N. The average Bonchev–Trinajstić information content (AvgIpc) is 2.05. The van der Waals surface area contributed by atoms with Gasteiger partial charge < -0.3 is 5.73 Å². The number of nitrogens with two attached hydrogens (primary N) is 1. The monoisotopic (exact) mass is 225 g/mol. The zero-order valence-electron chi connectivity index (χ0n) is 8.43. The standard InChI is InChI=1S/C9H12ClN3Si/c1-14(2,3)5-4-7-9(11)12-6-8(10)13-7/h6H,1-3H3,(H2,11,12). The molecule has 0 aliphatic rings. The lowest BCUT2D eigenvalue weighted by atomic mass is 10.4. The summed E-state index contributed by atoms with van der Waals surface area (Å²) in [5, 5.41) is 0.319. The summed E-state index contributed by atoms with van der Waals surface area (Å²) in [6.07, 6.45) is 1.41. The second-order valence-electron chi connectivity index (χ2n) is 3.93. The van der Waals surface area contributed by atoms with E-state index in [0.717, 1.165) is 0 Å². The van der Waals surface area contributed by atoms with E-state index >= 15 is 0 Å². The van der Waals surface area contributed by atoms with Crippen molar-refractivity contribution >= 4 is 25.5 Å². The van der Waals surface area contributed by atoms with E-state index in [1.165, 1.54) is 6.20 Å². The fraction of sp³-hybridized carbons (Fsp3) is 0.333. The molecule has 3 nitrogen and oxygen atoms in total. The van der Waals surface area contributed by atoms with E-state index < -0.39 is 8.07 Å². The Hall–Kier alpha value is -1.05. The topological polar surface area (TPSA) is 51.8 Å². The molecular weight excluding hydrogens is 214 g/mol. The Morgan fingerprint density at radius 3 is 2.64 bits per heavy atom. The second-order valence-corrected chi connectivity index (χ2v) is 9.06. The van der Waals surface area contributed by atoms with Crippen LogP contribution in [-0.2, 0) is 0 Å². The molecule has 0 aliphatic carbocycles. The van der Waals surface area contributed by atoms with Gasteiger partial charge in [-0.2, -0.15) is 0 Å². The summed E-state index contributed by atoms with van der Waals surface area (Å²) in [5.74, 6) is 3.26. The van der Waals surface area contributed by atoms with Crippen molar-refractivity contribution in [2.45, 2.75) is 19.6 Å². The van der Waals surface area contributed by atoms with Crippen molar-refractivity contribution in [1.29, 1.82) is 0 Å². The van der Waals surface area contributed by atoms with Crippen LogP contribution >= 0.6 is 11.6 Å². The summed E-state index contributed by atoms with van der Waals surface area (Å²) in [6.45, 7) is 6.44. The van der Waals surface area contributed by atoms with Crippen molar-refractivity contribution in [3.8, 4) is 11.5 Å². The predicted octanol–water partition coefficient (Wildman–Crippen LogP) is 1.94. The Bertz CT molecular complexity index is 401. The molecule has 0 radical (unpaired) electrons. The van der Waals surface area contributed by atoms with E-state index in [-0.39, 0.29) is 0 Å². The molecule has 5 heteroatoms. The highest BCUT2D eigenvalue weighted by molar-refractivity contribution is 6.83. The number of aromatic nitrogens is 2. The fourth-order valence-electron chi connectivity index (χ4n) is 0.716. The molecule has 1 aromatic heterocycles. The molecule has 1 aromatic rings. The summed E-state index contributed by atoms with van der Waals surface area (Å²) in [4.78, 5) is 7.88. The molecule has 1 rings (SSSR count). The highest BCUT2D eigenvalue weighted by atomic mass is 35.5. The minimum absolute atomic E-state index is 0.319. The van der Waals surface area contributed by atoms with Crippen molar-refractivity contribution in [1.82, 2.24) is 9.97 Å². The van der Waals surface area contributed by atoms with Crippen LogP contribution in [0, 0.1) is 11.5 Å². The van der Waals surface area contributed by atoms with E-state index in [1.807, 2.05) is 0 Å². The molecule has 0 bridgehead atoms. The van der Waals surface area contributed by atoms with Gasteiger partial charge in [-0.15, -0.1) is 5.54 Å². The average molecular weight is 226 g/mol. The molecule has 0 aromatic carbocycles. The van der Waals surface area contributed by atoms with Crippen molar-refractivity contribution in [2.24, 2.45) is 0 Å². The number of nitrogen functional groups attached to an aromatic ring is 1. The molecule has 0 aliphatic heterocycles. The highest BCUT2D eigenvalue weighted by Gasteiger charge is 2.08. The van der Waals surface area contributed by atoms with Gasteiger partial charge in [-0.05, 0) is 0 Å². The summed E-state index contributed by atoms with van der Waals surface area (Å²) in [5.41, 5.74) is 9.23. The number of hydrogen-bond acceptors (Lipinski definition) is 3. The Morgan fingerprint density at radius 2 is 2.07 bits per heavy atom. The van der Waals surface area contributed by atoms with E-state index in [1.54, 1.807) is 0 Å². The third-order valence-electron chi connectivity index (χ3n) is 1.33. The van der Waals surface area contributed by atoms with Crippen LogP contribution in [0.25, 0.3) is 0 Å². The molecular formula is C9H12ClN3Si. The van der Waals surface area contributed by atoms with E-state index in [2.05, 4.69) is 41.1 Å². The third kappa shape index (κ3) is 3.36. The zero-order chi connectivity index (χ0) is 10.8. The number of nitrogens with zero attached hydrogens (tertiary/aromatic N) is 2. The van der Waals surface area contributed by atoms with Crippen molar-refractivity contribution in [2.75, 3.05) is 5.73 Å². The van der Waals surface area contributed by atoms with Gasteiger partial charge >= 0.3 is 0 Å². The van der Waals surface area contributed by atoms with Crippen LogP contribution in [0.3, 0.4) is 0 Å². The van der Waals surface area contributed by atoms with Crippen molar-refractivity contribution < 1.29 is 0 Å². The van der Waals surface area contributed by atoms with Crippen LogP contribution in [-0.4, -0.2) is 18.0 Å². The Balaban J connectivity index is 3.06. The first-order valence-electron chi connectivity index (χ1n) is 4.20.